The largest absolute Gasteiger partial charge is 0.480 e. The van der Waals surface area contributed by atoms with Crippen LogP contribution in [-0.4, -0.2) is 51.9 Å². The van der Waals surface area contributed by atoms with E-state index in [0.29, 0.717) is 0 Å². The summed E-state index contributed by atoms with van der Waals surface area (Å²) in [4.78, 5) is 39.5. The van der Waals surface area contributed by atoms with Crippen LogP contribution < -0.4 is 5.32 Å². The second-order valence-corrected chi connectivity index (χ2v) is 4.87. The first-order chi connectivity index (χ1) is 9.40. The number of hydrogen-bond acceptors (Lipinski definition) is 4. The fourth-order valence-corrected chi connectivity index (χ4v) is 2.15. The van der Waals surface area contributed by atoms with Crippen LogP contribution in [0.15, 0.2) is 12.3 Å². The molecular weight excluding hydrogens is 309 g/mol. The summed E-state index contributed by atoms with van der Waals surface area (Å²) in [6.07, 6.45) is 1.19. The second kappa shape index (κ2) is 5.64. The Balaban J connectivity index is 2.36. The number of rotatable bonds is 2. The Morgan fingerprint density at radius 2 is 2.15 bits per heavy atom. The van der Waals surface area contributed by atoms with Gasteiger partial charge in [0.2, 0.25) is 5.91 Å². The minimum Gasteiger partial charge on any atom is -0.480 e. The van der Waals surface area contributed by atoms with Gasteiger partial charge in [-0.15, -0.1) is 0 Å². The Hall–Kier alpha value is -1.86. The lowest BCUT2D eigenvalue weighted by Crippen LogP contribution is -2.59. The van der Waals surface area contributed by atoms with Crippen molar-refractivity contribution in [3.05, 3.63) is 28.0 Å². The Bertz CT molecular complexity index is 593. The van der Waals surface area contributed by atoms with Crippen molar-refractivity contribution in [1.82, 2.24) is 15.2 Å². The van der Waals surface area contributed by atoms with E-state index in [2.05, 4.69) is 10.3 Å². The number of carbonyl (C=O) groups excluding carboxylic acids is 2. The summed E-state index contributed by atoms with van der Waals surface area (Å²) in [7, 11) is 0. The van der Waals surface area contributed by atoms with Gasteiger partial charge in [0.15, 0.2) is 0 Å². The third kappa shape index (κ3) is 2.83. The number of nitrogens with one attached hydrogen (secondary N) is 1. The third-order valence-corrected chi connectivity index (χ3v) is 3.29. The van der Waals surface area contributed by atoms with Gasteiger partial charge in [-0.05, 0) is 6.07 Å². The molecule has 1 aromatic rings. The summed E-state index contributed by atoms with van der Waals surface area (Å²) in [5, 5.41) is 11.6. The first kappa shape index (κ1) is 14.5. The lowest BCUT2D eigenvalue weighted by molar-refractivity contribution is -0.144. The summed E-state index contributed by atoms with van der Waals surface area (Å²) < 4.78 is 0. The molecule has 0 aromatic carbocycles. The van der Waals surface area contributed by atoms with E-state index in [1.165, 1.54) is 12.3 Å². The van der Waals surface area contributed by atoms with Gasteiger partial charge in [0.25, 0.3) is 5.91 Å². The van der Waals surface area contributed by atoms with Crippen molar-refractivity contribution in [2.45, 2.75) is 6.04 Å². The molecule has 0 radical (unpaired) electrons. The van der Waals surface area contributed by atoms with E-state index in [-0.39, 0.29) is 28.8 Å². The number of halogens is 2. The van der Waals surface area contributed by atoms with E-state index in [0.717, 1.165) is 4.90 Å². The molecule has 2 amide bonds. The number of pyridine rings is 1. The number of nitrogens with zero attached hydrogens (tertiary/aromatic N) is 2. The molecule has 0 aliphatic carbocycles. The van der Waals surface area contributed by atoms with Crippen molar-refractivity contribution in [3.8, 4) is 0 Å². The Morgan fingerprint density at radius 3 is 2.80 bits per heavy atom. The summed E-state index contributed by atoms with van der Waals surface area (Å²) in [5.74, 6) is -2.33. The van der Waals surface area contributed by atoms with Crippen LogP contribution in [-0.2, 0) is 9.59 Å². The topological polar surface area (TPSA) is 99.6 Å². The molecule has 7 nitrogen and oxygen atoms in total. The smallest absolute Gasteiger partial charge is 0.328 e. The average molecular weight is 318 g/mol. The number of carboxylic acid groups (broad SMARTS) is 1. The Morgan fingerprint density at radius 1 is 1.45 bits per heavy atom. The number of hydrogen-bond donors (Lipinski definition) is 2. The lowest BCUT2D eigenvalue weighted by atomic mass is 10.1. The van der Waals surface area contributed by atoms with Crippen molar-refractivity contribution < 1.29 is 19.5 Å². The maximum absolute atomic E-state index is 12.3. The second-order valence-electron chi connectivity index (χ2n) is 4.08. The van der Waals surface area contributed by atoms with Gasteiger partial charge in [-0.2, -0.15) is 0 Å². The van der Waals surface area contributed by atoms with E-state index in [9.17, 15) is 14.4 Å². The number of aromatic nitrogens is 1. The Labute approximate surface area is 123 Å². The van der Waals surface area contributed by atoms with Crippen LogP contribution >= 0.6 is 23.2 Å². The van der Waals surface area contributed by atoms with E-state index in [1.807, 2.05) is 0 Å². The Kier molecular flexibility index (Phi) is 4.10. The summed E-state index contributed by atoms with van der Waals surface area (Å²) in [6, 6.07) is 0.0840. The highest BCUT2D eigenvalue weighted by Gasteiger charge is 2.36. The van der Waals surface area contributed by atoms with Crippen LogP contribution in [0, 0.1) is 0 Å². The molecular formula is C11H9Cl2N3O4. The predicted octanol–water partition coefficient (Wildman–Crippen LogP) is 0.414. The highest BCUT2D eigenvalue weighted by Crippen LogP contribution is 2.21. The zero-order chi connectivity index (χ0) is 14.9. The molecule has 0 saturated carbocycles. The summed E-state index contributed by atoms with van der Waals surface area (Å²) >= 11 is 11.5. The quantitative estimate of drug-likeness (QED) is 0.770. The molecule has 2 N–H and O–H groups in total. The van der Waals surface area contributed by atoms with Gasteiger partial charge in [0, 0.05) is 12.7 Å². The van der Waals surface area contributed by atoms with Gasteiger partial charge in [-0.1, -0.05) is 23.2 Å². The van der Waals surface area contributed by atoms with E-state index < -0.39 is 23.8 Å². The number of carbonyl (C=O) groups is 3. The highest BCUT2D eigenvalue weighted by atomic mass is 35.5. The molecule has 9 heteroatoms. The third-order valence-electron chi connectivity index (χ3n) is 2.78. The monoisotopic (exact) mass is 317 g/mol. The van der Waals surface area contributed by atoms with Crippen LogP contribution in [0.3, 0.4) is 0 Å². The highest BCUT2D eigenvalue weighted by molar-refractivity contribution is 6.35. The fraction of sp³-hybridized carbons (Fsp3) is 0.273. The number of carboxylic acids is 1. The van der Waals surface area contributed by atoms with Crippen LogP contribution in [0.2, 0.25) is 10.2 Å². The normalized spacial score (nSPS) is 18.6. The molecule has 2 rings (SSSR count). The van der Waals surface area contributed by atoms with Gasteiger partial charge in [0.1, 0.15) is 17.7 Å². The van der Waals surface area contributed by atoms with Crippen LogP contribution in [0.5, 0.6) is 0 Å². The molecule has 1 unspecified atom stereocenters. The summed E-state index contributed by atoms with van der Waals surface area (Å²) in [6.45, 7) is -0.511. The maximum atomic E-state index is 12.3. The molecule has 2 heterocycles. The first-order valence-corrected chi connectivity index (χ1v) is 6.27. The zero-order valence-electron chi connectivity index (χ0n) is 9.97. The van der Waals surface area contributed by atoms with E-state index in [4.69, 9.17) is 28.3 Å². The van der Waals surface area contributed by atoms with E-state index >= 15 is 0 Å². The lowest BCUT2D eigenvalue weighted by Gasteiger charge is -2.32. The molecule has 1 atom stereocenters. The SMILES string of the molecule is O=C1CN(C(=O)c2cc(Cl)ncc2Cl)C(C(=O)O)CN1. The van der Waals surface area contributed by atoms with Gasteiger partial charge >= 0.3 is 5.97 Å². The molecule has 0 bridgehead atoms. The number of amides is 2. The molecule has 1 fully saturated rings. The predicted molar refractivity (Wildman–Crippen MR) is 69.7 cm³/mol. The van der Waals surface area contributed by atoms with Gasteiger partial charge < -0.3 is 15.3 Å². The minimum absolute atomic E-state index is 0.00705. The van der Waals surface area contributed by atoms with Crippen LogP contribution in [0.25, 0.3) is 0 Å². The van der Waals surface area contributed by atoms with Crippen LogP contribution in [0.4, 0.5) is 0 Å². The van der Waals surface area contributed by atoms with Gasteiger partial charge in [0.05, 0.1) is 10.6 Å². The molecule has 1 aromatic heterocycles. The molecule has 1 saturated heterocycles. The van der Waals surface area contributed by atoms with Crippen molar-refractivity contribution >= 4 is 41.0 Å². The van der Waals surface area contributed by atoms with Crippen LogP contribution in [0.1, 0.15) is 10.4 Å². The molecule has 1 aliphatic rings. The average Bonchev–Trinajstić information content (AvgIpc) is 2.40. The maximum Gasteiger partial charge on any atom is 0.328 e. The standard InChI is InChI=1S/C11H9Cl2N3O4/c12-6-2-14-8(13)1-5(6)10(18)16-4-9(17)15-3-7(16)11(19)20/h1-2,7H,3-4H2,(H,15,17)(H,19,20). The molecule has 20 heavy (non-hydrogen) atoms. The number of aliphatic carboxylic acids is 1. The van der Waals surface area contributed by atoms with Crippen molar-refractivity contribution in [2.75, 3.05) is 13.1 Å². The molecule has 0 spiro atoms. The first-order valence-electron chi connectivity index (χ1n) is 5.51. The summed E-state index contributed by atoms with van der Waals surface area (Å²) in [5.41, 5.74) is 0.00705. The zero-order valence-corrected chi connectivity index (χ0v) is 11.5. The van der Waals surface area contributed by atoms with Crippen molar-refractivity contribution in [3.63, 3.8) is 0 Å². The van der Waals surface area contributed by atoms with Gasteiger partial charge in [-0.25, -0.2) is 9.78 Å². The van der Waals surface area contributed by atoms with E-state index in [1.54, 1.807) is 0 Å². The van der Waals surface area contributed by atoms with Crippen molar-refractivity contribution in [1.29, 1.82) is 0 Å². The molecule has 1 aliphatic heterocycles. The van der Waals surface area contributed by atoms with Gasteiger partial charge in [-0.3, -0.25) is 9.59 Å². The fourth-order valence-electron chi connectivity index (χ4n) is 1.81. The van der Waals surface area contributed by atoms with Crippen molar-refractivity contribution in [2.24, 2.45) is 0 Å². The minimum atomic E-state index is -1.21. The molecule has 106 valence electrons. The number of piperazine rings is 1.